The number of carbonyl (C=O) groups is 1. The summed E-state index contributed by atoms with van der Waals surface area (Å²) in [6, 6.07) is -0.0618. The highest BCUT2D eigenvalue weighted by molar-refractivity contribution is 5.12. The third-order valence-electron chi connectivity index (χ3n) is 1.41. The molecule has 1 aromatic heterocycles. The van der Waals surface area contributed by atoms with E-state index < -0.39 is 29.1 Å². The summed E-state index contributed by atoms with van der Waals surface area (Å²) in [4.78, 5) is 11.6. The van der Waals surface area contributed by atoms with Gasteiger partial charge in [0.15, 0.2) is 29.7 Å². The Bertz CT molecular complexity index is 432. The molecule has 0 fully saturated rings. The fourth-order valence-electron chi connectivity index (χ4n) is 0.720. The second kappa shape index (κ2) is 7.93. The van der Waals surface area contributed by atoms with E-state index in [9.17, 15) is 22.0 Å². The minimum Gasteiger partial charge on any atom is -0.452 e. The molecule has 2 rings (SSSR count). The summed E-state index contributed by atoms with van der Waals surface area (Å²) >= 11 is 0. The van der Waals surface area contributed by atoms with E-state index in [2.05, 4.69) is 9.40 Å². The fourth-order valence-corrected chi connectivity index (χ4v) is 0.720. The van der Waals surface area contributed by atoms with Gasteiger partial charge in [0.1, 0.15) is 13.1 Å². The smallest absolute Gasteiger partial charge is 0.200 e. The van der Waals surface area contributed by atoms with E-state index in [0.29, 0.717) is 0 Å². The molecule has 0 amide bonds. The van der Waals surface area contributed by atoms with Gasteiger partial charge in [-0.25, -0.2) is 26.9 Å². The number of aromatic nitrogens is 1. The molecule has 0 spiro atoms. The molecule has 0 N–H and O–H groups in total. The Balaban J connectivity index is 0.000000343. The molecule has 18 heavy (non-hydrogen) atoms. The molecule has 1 aromatic carbocycles. The number of benzene rings is 1. The Kier molecular flexibility index (Phi) is 6.94. The number of carbonyl (C=O) groups excluding carboxylic acids is 1. The van der Waals surface area contributed by atoms with Crippen molar-refractivity contribution in [3.63, 3.8) is 0 Å². The van der Waals surface area contributed by atoms with E-state index in [-0.39, 0.29) is 6.07 Å². The highest BCUT2D eigenvalue weighted by Gasteiger charge is 2.18. The molecule has 0 aliphatic heterocycles. The predicted octanol–water partition coefficient (Wildman–Crippen LogP) is 2.87. The van der Waals surface area contributed by atoms with E-state index in [4.69, 9.17) is 4.79 Å². The quantitative estimate of drug-likeness (QED) is 0.419. The maximum absolute atomic E-state index is 12.0. The average molecular weight is 267 g/mol. The first kappa shape index (κ1) is 15.8. The van der Waals surface area contributed by atoms with Gasteiger partial charge in [-0.1, -0.05) is 0 Å². The third kappa shape index (κ3) is 4.32. The van der Waals surface area contributed by atoms with Crippen LogP contribution in [0.25, 0.3) is 0 Å². The maximum Gasteiger partial charge on any atom is 0.200 e. The van der Waals surface area contributed by atoms with E-state index in [1.165, 1.54) is 12.7 Å². The molecule has 8 heteroatoms. The number of rotatable bonds is 0. The molecule has 0 aliphatic carbocycles. The lowest BCUT2D eigenvalue weighted by molar-refractivity contribution is -0.0979. The lowest BCUT2D eigenvalue weighted by Crippen LogP contribution is -1.98. The van der Waals surface area contributed by atoms with Crippen molar-refractivity contribution in [1.29, 1.82) is 0 Å². The third-order valence-corrected chi connectivity index (χ3v) is 1.41. The molecule has 0 saturated carbocycles. The number of hydrogen-bond donors (Lipinski definition) is 0. The van der Waals surface area contributed by atoms with Crippen molar-refractivity contribution in [3.05, 3.63) is 54.0 Å². The molecule has 2 aromatic rings. The van der Waals surface area contributed by atoms with E-state index in [0.717, 1.165) is 0 Å². The van der Waals surface area contributed by atoms with Gasteiger partial charge in [-0.05, 0) is 0 Å². The van der Waals surface area contributed by atoms with Crippen LogP contribution in [0, 0.1) is 29.1 Å². The van der Waals surface area contributed by atoms with Crippen molar-refractivity contribution in [2.45, 2.75) is 0 Å². The zero-order valence-corrected chi connectivity index (χ0v) is 8.67. The zero-order chi connectivity index (χ0) is 14.1. The Morgan fingerprint density at radius 2 is 1.44 bits per heavy atom. The molecule has 0 saturated heterocycles. The normalized spacial score (nSPS) is 8.72. The summed E-state index contributed by atoms with van der Waals surface area (Å²) in [5, 5.41) is 0. The van der Waals surface area contributed by atoms with Crippen molar-refractivity contribution in [1.82, 2.24) is 4.98 Å². The summed E-state index contributed by atoms with van der Waals surface area (Å²) in [5.41, 5.74) is 0. The van der Waals surface area contributed by atoms with Crippen molar-refractivity contribution in [2.75, 3.05) is 0 Å². The van der Waals surface area contributed by atoms with Crippen molar-refractivity contribution >= 4 is 6.79 Å². The lowest BCUT2D eigenvalue weighted by Gasteiger charge is -1.96. The second-order valence-electron chi connectivity index (χ2n) is 2.46. The van der Waals surface area contributed by atoms with Crippen LogP contribution in [0.3, 0.4) is 0 Å². The van der Waals surface area contributed by atoms with Gasteiger partial charge in [0, 0.05) is 6.07 Å². The molecular formula is C10H6F5NO2. The van der Waals surface area contributed by atoms with Crippen LogP contribution in [0.2, 0.25) is 0 Å². The molecule has 0 aliphatic rings. The van der Waals surface area contributed by atoms with E-state index in [1.807, 2.05) is 6.79 Å². The minimum absolute atomic E-state index is 0.0618. The molecular weight excluding hydrogens is 261 g/mol. The predicted molar refractivity (Wildman–Crippen MR) is 49.9 cm³/mol. The summed E-state index contributed by atoms with van der Waals surface area (Å²) in [6.45, 7) is 2.00. The first-order valence-corrected chi connectivity index (χ1v) is 4.13. The summed E-state index contributed by atoms with van der Waals surface area (Å²) in [5.74, 6) is -9.65. The van der Waals surface area contributed by atoms with E-state index >= 15 is 0 Å². The van der Waals surface area contributed by atoms with Gasteiger partial charge in [0.2, 0.25) is 5.82 Å². The largest absolute Gasteiger partial charge is 0.452 e. The van der Waals surface area contributed by atoms with Gasteiger partial charge in [-0.2, -0.15) is 0 Å². The topological polar surface area (TPSA) is 43.1 Å². The van der Waals surface area contributed by atoms with Gasteiger partial charge in [-0.3, -0.25) is 0 Å². The van der Waals surface area contributed by atoms with Gasteiger partial charge in [0.25, 0.3) is 0 Å². The van der Waals surface area contributed by atoms with Crippen molar-refractivity contribution in [2.24, 2.45) is 0 Å². The first-order valence-electron chi connectivity index (χ1n) is 4.13. The summed E-state index contributed by atoms with van der Waals surface area (Å²) in [7, 11) is 0. The monoisotopic (exact) mass is 267 g/mol. The number of oxazole rings is 1. The van der Waals surface area contributed by atoms with Gasteiger partial charge in [0.05, 0.1) is 6.20 Å². The van der Waals surface area contributed by atoms with Gasteiger partial charge in [-0.15, -0.1) is 0 Å². The van der Waals surface area contributed by atoms with Gasteiger partial charge < -0.3 is 9.21 Å². The molecule has 3 nitrogen and oxygen atoms in total. The molecule has 0 radical (unpaired) electrons. The first-order chi connectivity index (χ1) is 8.54. The van der Waals surface area contributed by atoms with Crippen molar-refractivity contribution in [3.8, 4) is 0 Å². The highest BCUT2D eigenvalue weighted by atomic mass is 19.2. The van der Waals surface area contributed by atoms with Crippen LogP contribution in [-0.4, -0.2) is 11.8 Å². The Morgan fingerprint density at radius 3 is 1.72 bits per heavy atom. The van der Waals surface area contributed by atoms with Crippen LogP contribution in [-0.2, 0) is 4.79 Å². The zero-order valence-electron chi connectivity index (χ0n) is 8.67. The molecule has 0 bridgehead atoms. The van der Waals surface area contributed by atoms with Crippen LogP contribution in [0.15, 0.2) is 29.3 Å². The molecule has 0 atom stereocenters. The highest BCUT2D eigenvalue weighted by Crippen LogP contribution is 2.16. The van der Waals surface area contributed by atoms with E-state index in [1.54, 1.807) is 6.20 Å². The molecule has 98 valence electrons. The minimum atomic E-state index is -2.14. The SMILES string of the molecule is C=O.Fc1cc(F)c(F)c(F)c1F.c1cocn1. The van der Waals surface area contributed by atoms with Crippen LogP contribution in [0.4, 0.5) is 22.0 Å². The van der Waals surface area contributed by atoms with Crippen LogP contribution in [0.1, 0.15) is 0 Å². The van der Waals surface area contributed by atoms with Gasteiger partial charge >= 0.3 is 0 Å². The van der Waals surface area contributed by atoms with Crippen molar-refractivity contribution < 1.29 is 31.2 Å². The number of hydrogen-bond acceptors (Lipinski definition) is 3. The summed E-state index contributed by atoms with van der Waals surface area (Å²) < 4.78 is 64.5. The average Bonchev–Trinajstić information content (AvgIpc) is 2.95. The molecule has 1 heterocycles. The fraction of sp³-hybridized carbons (Fsp3) is 0. The van der Waals surface area contributed by atoms with Crippen LogP contribution < -0.4 is 0 Å². The van der Waals surface area contributed by atoms with Crippen LogP contribution in [0.5, 0.6) is 0 Å². The maximum atomic E-state index is 12.0. The number of nitrogens with zero attached hydrogens (tertiary/aromatic N) is 1. The Hall–Kier alpha value is -2.25. The second-order valence-corrected chi connectivity index (χ2v) is 2.46. The lowest BCUT2D eigenvalue weighted by atomic mass is 10.3. The van der Waals surface area contributed by atoms with Crippen LogP contribution >= 0.6 is 0 Å². The Labute approximate surface area is 97.9 Å². The Morgan fingerprint density at radius 1 is 0.944 bits per heavy atom. The molecule has 0 unspecified atom stereocenters. The number of halogens is 5. The summed E-state index contributed by atoms with van der Waals surface area (Å²) in [6.07, 6.45) is 4.47. The standard InChI is InChI=1S/C6HF5.C3H3NO.CH2O/c7-2-1-3(8)5(10)6(11)4(2)9;1-2-5-3-4-1;1-2/h1H;1-3H;1H2.